The molecule has 0 spiro atoms. The van der Waals surface area contributed by atoms with Crippen LogP contribution in [0.15, 0.2) is 24.3 Å². The molecule has 0 bridgehead atoms. The summed E-state index contributed by atoms with van der Waals surface area (Å²) in [5, 5.41) is 0.501. The Morgan fingerprint density at radius 2 is 1.80 bits per heavy atom. The largest absolute Gasteiger partial charge is 0.495 e. The van der Waals surface area contributed by atoms with Gasteiger partial charge in [-0.1, -0.05) is 23.7 Å². The van der Waals surface area contributed by atoms with Crippen LogP contribution in [-0.2, 0) is 0 Å². The maximum atomic E-state index is 6.04. The fourth-order valence-corrected chi connectivity index (χ4v) is 3.19. The molecule has 0 radical (unpaired) electrons. The van der Waals surface area contributed by atoms with Crippen LogP contribution in [0, 0.1) is 0 Å². The van der Waals surface area contributed by atoms with Crippen molar-refractivity contribution in [1.82, 2.24) is 8.75 Å². The van der Waals surface area contributed by atoms with Gasteiger partial charge in [-0.25, -0.2) is 0 Å². The summed E-state index contributed by atoms with van der Waals surface area (Å²) < 4.78 is 13.7. The molecule has 7 heteroatoms. The van der Waals surface area contributed by atoms with Gasteiger partial charge in [0.05, 0.1) is 24.5 Å². The molecule has 106 valence electrons. The number of para-hydroxylation sites is 2. The molecule has 20 heavy (non-hydrogen) atoms. The van der Waals surface area contributed by atoms with Crippen molar-refractivity contribution < 1.29 is 4.74 Å². The van der Waals surface area contributed by atoms with Gasteiger partial charge in [-0.3, -0.25) is 0 Å². The normalized spacial score (nSPS) is 15.5. The van der Waals surface area contributed by atoms with Gasteiger partial charge in [0.25, 0.3) is 0 Å². The number of hydrogen-bond donors (Lipinski definition) is 0. The van der Waals surface area contributed by atoms with Crippen LogP contribution in [0.4, 0.5) is 11.5 Å². The zero-order valence-electron chi connectivity index (χ0n) is 11.1. The third-order valence-electron chi connectivity index (χ3n) is 3.44. The summed E-state index contributed by atoms with van der Waals surface area (Å²) in [6, 6.07) is 8.10. The Bertz CT molecular complexity index is 583. The summed E-state index contributed by atoms with van der Waals surface area (Å²) in [6.45, 7) is 3.58. The zero-order chi connectivity index (χ0) is 13.9. The van der Waals surface area contributed by atoms with Crippen molar-refractivity contribution in [2.75, 3.05) is 43.1 Å². The molecule has 1 fully saturated rings. The summed E-state index contributed by atoms with van der Waals surface area (Å²) in [7, 11) is 1.70. The molecule has 0 unspecified atom stereocenters. The highest BCUT2D eigenvalue weighted by Gasteiger charge is 2.22. The summed E-state index contributed by atoms with van der Waals surface area (Å²) in [5.74, 6) is 1.71. The van der Waals surface area contributed by atoms with Gasteiger partial charge < -0.3 is 14.5 Å². The molecular weight excluding hydrogens is 296 g/mol. The van der Waals surface area contributed by atoms with Crippen LogP contribution in [0.25, 0.3) is 0 Å². The minimum atomic E-state index is 0.501. The predicted molar refractivity (Wildman–Crippen MR) is 82.3 cm³/mol. The van der Waals surface area contributed by atoms with Crippen LogP contribution in [0.2, 0.25) is 5.15 Å². The predicted octanol–water partition coefficient (Wildman–Crippen LogP) is 2.53. The van der Waals surface area contributed by atoms with Crippen molar-refractivity contribution in [3.63, 3.8) is 0 Å². The van der Waals surface area contributed by atoms with E-state index in [2.05, 4.69) is 24.6 Å². The van der Waals surface area contributed by atoms with E-state index < -0.39 is 0 Å². The lowest BCUT2D eigenvalue weighted by Gasteiger charge is -2.36. The number of piperazine rings is 1. The molecule has 1 aromatic heterocycles. The molecule has 1 aromatic carbocycles. The van der Waals surface area contributed by atoms with Crippen LogP contribution in [0.3, 0.4) is 0 Å². The van der Waals surface area contributed by atoms with E-state index in [9.17, 15) is 0 Å². The fraction of sp³-hybridized carbons (Fsp3) is 0.385. The Morgan fingerprint density at radius 1 is 1.10 bits per heavy atom. The molecule has 5 nitrogen and oxygen atoms in total. The van der Waals surface area contributed by atoms with E-state index in [1.165, 1.54) is 0 Å². The number of hydrogen-bond acceptors (Lipinski definition) is 6. The Morgan fingerprint density at radius 3 is 2.45 bits per heavy atom. The molecule has 2 aromatic rings. The summed E-state index contributed by atoms with van der Waals surface area (Å²) >= 11 is 7.19. The molecule has 0 aliphatic carbocycles. The Labute approximate surface area is 127 Å². The first kappa shape index (κ1) is 13.5. The summed E-state index contributed by atoms with van der Waals surface area (Å²) in [4.78, 5) is 4.50. The first-order chi connectivity index (χ1) is 9.79. The van der Waals surface area contributed by atoms with Crippen molar-refractivity contribution in [3.8, 4) is 5.75 Å². The second kappa shape index (κ2) is 5.85. The van der Waals surface area contributed by atoms with Crippen molar-refractivity contribution in [2.45, 2.75) is 0 Å². The van der Waals surface area contributed by atoms with Gasteiger partial charge >= 0.3 is 0 Å². The van der Waals surface area contributed by atoms with E-state index in [0.29, 0.717) is 5.15 Å². The number of ether oxygens (including phenoxy) is 1. The number of benzene rings is 1. The molecule has 0 atom stereocenters. The third-order valence-corrected chi connectivity index (χ3v) is 4.31. The van der Waals surface area contributed by atoms with Gasteiger partial charge in [0.15, 0.2) is 11.0 Å². The lowest BCUT2D eigenvalue weighted by molar-refractivity contribution is 0.413. The van der Waals surface area contributed by atoms with E-state index in [4.69, 9.17) is 16.3 Å². The topological polar surface area (TPSA) is 41.5 Å². The fourth-order valence-electron chi connectivity index (χ4n) is 2.41. The molecule has 0 N–H and O–H groups in total. The maximum absolute atomic E-state index is 6.04. The first-order valence-electron chi connectivity index (χ1n) is 6.40. The molecule has 0 amide bonds. The highest BCUT2D eigenvalue weighted by molar-refractivity contribution is 6.99. The van der Waals surface area contributed by atoms with Gasteiger partial charge in [0.2, 0.25) is 0 Å². The van der Waals surface area contributed by atoms with Crippen LogP contribution in [-0.4, -0.2) is 42.0 Å². The van der Waals surface area contributed by atoms with Gasteiger partial charge in [-0.2, -0.15) is 8.75 Å². The highest BCUT2D eigenvalue weighted by Crippen LogP contribution is 2.30. The second-order valence-electron chi connectivity index (χ2n) is 4.52. The number of nitrogens with zero attached hydrogens (tertiary/aromatic N) is 4. The van der Waals surface area contributed by atoms with Gasteiger partial charge in [-0.05, 0) is 12.1 Å². The van der Waals surface area contributed by atoms with Gasteiger partial charge in [0, 0.05) is 26.2 Å². The standard InChI is InChI=1S/C13H15ClN4OS/c1-19-11-5-3-2-4-10(11)17-6-8-18(9-7-17)13-12(14)15-20-16-13/h2-5H,6-9H2,1H3. The van der Waals surface area contributed by atoms with Gasteiger partial charge in [-0.15, -0.1) is 0 Å². The van der Waals surface area contributed by atoms with Crippen LogP contribution >= 0.6 is 23.3 Å². The molecule has 0 saturated carbocycles. The van der Waals surface area contributed by atoms with E-state index in [-0.39, 0.29) is 0 Å². The van der Waals surface area contributed by atoms with Crippen LogP contribution < -0.4 is 14.5 Å². The number of aromatic nitrogens is 2. The quantitative estimate of drug-likeness (QED) is 0.871. The average Bonchev–Trinajstić information content (AvgIpc) is 2.93. The molecule has 1 aliphatic heterocycles. The first-order valence-corrected chi connectivity index (χ1v) is 7.51. The summed E-state index contributed by atoms with van der Waals surface area (Å²) in [5.41, 5.74) is 1.14. The highest BCUT2D eigenvalue weighted by atomic mass is 35.5. The number of anilines is 2. The SMILES string of the molecule is COc1ccccc1N1CCN(c2nsnc2Cl)CC1. The zero-order valence-corrected chi connectivity index (χ0v) is 12.7. The maximum Gasteiger partial charge on any atom is 0.187 e. The van der Waals surface area contributed by atoms with E-state index >= 15 is 0 Å². The lowest BCUT2D eigenvalue weighted by atomic mass is 10.2. The van der Waals surface area contributed by atoms with Crippen molar-refractivity contribution in [2.24, 2.45) is 0 Å². The molecule has 1 aliphatic rings. The molecule has 3 rings (SSSR count). The van der Waals surface area contributed by atoms with Crippen LogP contribution in [0.1, 0.15) is 0 Å². The number of rotatable bonds is 3. The second-order valence-corrected chi connectivity index (χ2v) is 5.41. The van der Waals surface area contributed by atoms with Crippen molar-refractivity contribution >= 4 is 34.8 Å². The molecular formula is C13H15ClN4OS. The van der Waals surface area contributed by atoms with E-state index in [1.807, 2.05) is 18.2 Å². The van der Waals surface area contributed by atoms with Gasteiger partial charge in [0.1, 0.15) is 5.75 Å². The van der Waals surface area contributed by atoms with Crippen molar-refractivity contribution in [1.29, 1.82) is 0 Å². The molecule has 1 saturated heterocycles. The third kappa shape index (κ3) is 2.53. The Kier molecular flexibility index (Phi) is 3.93. The Balaban J connectivity index is 1.71. The monoisotopic (exact) mass is 310 g/mol. The number of halogens is 1. The van der Waals surface area contributed by atoms with E-state index in [0.717, 1.165) is 55.2 Å². The van der Waals surface area contributed by atoms with Crippen LogP contribution in [0.5, 0.6) is 5.75 Å². The Hall–Kier alpha value is -1.53. The van der Waals surface area contributed by atoms with E-state index in [1.54, 1.807) is 7.11 Å². The summed E-state index contributed by atoms with van der Waals surface area (Å²) in [6.07, 6.45) is 0. The average molecular weight is 311 g/mol. The number of methoxy groups -OCH3 is 1. The lowest BCUT2D eigenvalue weighted by Crippen LogP contribution is -2.46. The molecule has 2 heterocycles. The van der Waals surface area contributed by atoms with Crippen molar-refractivity contribution in [3.05, 3.63) is 29.4 Å². The smallest absolute Gasteiger partial charge is 0.187 e. The minimum absolute atomic E-state index is 0.501. The minimum Gasteiger partial charge on any atom is -0.495 e.